The zero-order valence-corrected chi connectivity index (χ0v) is 13.1. The normalized spacial score (nSPS) is 20.5. The van der Waals surface area contributed by atoms with E-state index in [9.17, 15) is 0 Å². The molecule has 1 aromatic rings. The maximum absolute atomic E-state index is 5.50. The summed E-state index contributed by atoms with van der Waals surface area (Å²) >= 11 is 0. The molecule has 0 saturated carbocycles. The Morgan fingerprint density at radius 1 is 1.45 bits per heavy atom. The highest BCUT2D eigenvalue weighted by molar-refractivity contribution is 5.62. The van der Waals surface area contributed by atoms with Crippen molar-refractivity contribution < 1.29 is 4.74 Å². The number of anilines is 2. The van der Waals surface area contributed by atoms with Crippen LogP contribution in [0.2, 0.25) is 0 Å². The van der Waals surface area contributed by atoms with Crippen molar-refractivity contribution in [2.45, 2.75) is 32.4 Å². The standard InChI is InChI=1S/C16H27N3O/c1-12-5-6-14(10-16(12)19(3)4)18-13(2)9-15-11-20-8-7-17-15/h5-6,10,13,15,17-18H,7-9,11H2,1-4H3. The Labute approximate surface area is 122 Å². The molecule has 0 bridgehead atoms. The Balaban J connectivity index is 1.93. The lowest BCUT2D eigenvalue weighted by molar-refractivity contribution is 0.0731. The Kier molecular flexibility index (Phi) is 5.26. The summed E-state index contributed by atoms with van der Waals surface area (Å²) in [5, 5.41) is 7.09. The van der Waals surface area contributed by atoms with Crippen LogP contribution in [0.15, 0.2) is 18.2 Å². The summed E-state index contributed by atoms with van der Waals surface area (Å²) in [5.41, 5.74) is 3.75. The molecule has 0 amide bonds. The van der Waals surface area contributed by atoms with Crippen LogP contribution in [0, 0.1) is 6.92 Å². The zero-order valence-electron chi connectivity index (χ0n) is 13.1. The van der Waals surface area contributed by atoms with Crippen molar-refractivity contribution in [3.05, 3.63) is 23.8 Å². The van der Waals surface area contributed by atoms with Crippen LogP contribution in [0.5, 0.6) is 0 Å². The topological polar surface area (TPSA) is 36.5 Å². The fourth-order valence-electron chi connectivity index (χ4n) is 2.72. The number of nitrogens with one attached hydrogen (secondary N) is 2. The van der Waals surface area contributed by atoms with E-state index < -0.39 is 0 Å². The van der Waals surface area contributed by atoms with Gasteiger partial charge in [-0.1, -0.05) is 6.07 Å². The monoisotopic (exact) mass is 277 g/mol. The smallest absolute Gasteiger partial charge is 0.0621 e. The van der Waals surface area contributed by atoms with E-state index in [1.165, 1.54) is 16.9 Å². The second kappa shape index (κ2) is 6.95. The van der Waals surface area contributed by atoms with Crippen LogP contribution in [0.4, 0.5) is 11.4 Å². The minimum atomic E-state index is 0.423. The molecule has 112 valence electrons. The number of hydrogen-bond donors (Lipinski definition) is 2. The molecule has 4 nitrogen and oxygen atoms in total. The molecule has 2 rings (SSSR count). The molecule has 1 saturated heterocycles. The van der Waals surface area contributed by atoms with Crippen LogP contribution in [-0.2, 0) is 4.74 Å². The Hall–Kier alpha value is -1.26. The quantitative estimate of drug-likeness (QED) is 0.865. The fraction of sp³-hybridized carbons (Fsp3) is 0.625. The summed E-state index contributed by atoms with van der Waals surface area (Å²) in [4.78, 5) is 2.15. The number of aryl methyl sites for hydroxylation is 1. The largest absolute Gasteiger partial charge is 0.382 e. The fourth-order valence-corrected chi connectivity index (χ4v) is 2.72. The van der Waals surface area contributed by atoms with E-state index in [4.69, 9.17) is 4.74 Å². The second-order valence-electron chi connectivity index (χ2n) is 5.90. The molecule has 0 spiro atoms. The molecule has 0 aliphatic carbocycles. The molecule has 1 aromatic carbocycles. The van der Waals surface area contributed by atoms with Gasteiger partial charge in [0.25, 0.3) is 0 Å². The average molecular weight is 277 g/mol. The summed E-state index contributed by atoms with van der Waals surface area (Å²) in [6, 6.07) is 7.43. The molecule has 1 heterocycles. The minimum Gasteiger partial charge on any atom is -0.382 e. The van der Waals surface area contributed by atoms with Crippen molar-refractivity contribution in [1.29, 1.82) is 0 Å². The third kappa shape index (κ3) is 4.12. The predicted molar refractivity (Wildman–Crippen MR) is 85.8 cm³/mol. The maximum Gasteiger partial charge on any atom is 0.0621 e. The van der Waals surface area contributed by atoms with Gasteiger partial charge in [-0.3, -0.25) is 0 Å². The van der Waals surface area contributed by atoms with Crippen LogP contribution in [0.1, 0.15) is 18.9 Å². The van der Waals surface area contributed by atoms with Gasteiger partial charge < -0.3 is 20.3 Å². The molecule has 4 heteroatoms. The number of nitrogens with zero attached hydrogens (tertiary/aromatic N) is 1. The van der Waals surface area contributed by atoms with E-state index in [0.29, 0.717) is 12.1 Å². The van der Waals surface area contributed by atoms with E-state index >= 15 is 0 Å². The van der Waals surface area contributed by atoms with Gasteiger partial charge in [-0.2, -0.15) is 0 Å². The van der Waals surface area contributed by atoms with Gasteiger partial charge in [-0.05, 0) is 38.0 Å². The predicted octanol–water partition coefficient (Wildman–Crippen LogP) is 2.24. The molecule has 1 aliphatic rings. The summed E-state index contributed by atoms with van der Waals surface area (Å²) in [6.45, 7) is 7.00. The van der Waals surface area contributed by atoms with E-state index in [2.05, 4.69) is 61.7 Å². The first-order valence-corrected chi connectivity index (χ1v) is 7.42. The maximum atomic E-state index is 5.50. The van der Waals surface area contributed by atoms with Gasteiger partial charge in [0.2, 0.25) is 0 Å². The van der Waals surface area contributed by atoms with Crippen molar-refractivity contribution in [2.75, 3.05) is 44.1 Å². The number of morpholine rings is 1. The van der Waals surface area contributed by atoms with E-state index in [1.807, 2.05) is 0 Å². The van der Waals surface area contributed by atoms with Crippen LogP contribution < -0.4 is 15.5 Å². The number of benzene rings is 1. The van der Waals surface area contributed by atoms with Gasteiger partial charge in [-0.25, -0.2) is 0 Å². The minimum absolute atomic E-state index is 0.423. The summed E-state index contributed by atoms with van der Waals surface area (Å²) in [5.74, 6) is 0. The molecule has 1 aliphatic heterocycles. The van der Waals surface area contributed by atoms with E-state index in [-0.39, 0.29) is 0 Å². The van der Waals surface area contributed by atoms with Crippen molar-refractivity contribution in [1.82, 2.24) is 5.32 Å². The first kappa shape index (κ1) is 15.1. The summed E-state index contributed by atoms with van der Waals surface area (Å²) < 4.78 is 5.50. The Morgan fingerprint density at radius 2 is 2.25 bits per heavy atom. The van der Waals surface area contributed by atoms with Gasteiger partial charge in [-0.15, -0.1) is 0 Å². The molecular formula is C16H27N3O. The lowest BCUT2D eigenvalue weighted by Gasteiger charge is -2.27. The number of hydrogen-bond acceptors (Lipinski definition) is 4. The first-order chi connectivity index (χ1) is 9.56. The second-order valence-corrected chi connectivity index (χ2v) is 5.90. The van der Waals surface area contributed by atoms with Crippen LogP contribution >= 0.6 is 0 Å². The zero-order chi connectivity index (χ0) is 14.5. The van der Waals surface area contributed by atoms with E-state index in [1.54, 1.807) is 0 Å². The summed E-state index contributed by atoms with van der Waals surface area (Å²) in [7, 11) is 4.16. The van der Waals surface area contributed by atoms with Crippen molar-refractivity contribution >= 4 is 11.4 Å². The Bertz CT molecular complexity index is 428. The third-order valence-corrected chi connectivity index (χ3v) is 3.74. The lowest BCUT2D eigenvalue weighted by atomic mass is 10.1. The molecule has 2 unspecified atom stereocenters. The molecule has 0 radical (unpaired) electrons. The van der Waals surface area contributed by atoms with Gasteiger partial charge in [0.15, 0.2) is 0 Å². The third-order valence-electron chi connectivity index (χ3n) is 3.74. The Morgan fingerprint density at radius 3 is 2.90 bits per heavy atom. The van der Waals surface area contributed by atoms with Gasteiger partial charge >= 0.3 is 0 Å². The SMILES string of the molecule is Cc1ccc(NC(C)CC2COCCN2)cc1N(C)C. The number of ether oxygens (including phenoxy) is 1. The van der Waals surface area contributed by atoms with Crippen LogP contribution in [-0.4, -0.2) is 45.9 Å². The molecular weight excluding hydrogens is 250 g/mol. The lowest BCUT2D eigenvalue weighted by Crippen LogP contribution is -2.43. The van der Waals surface area contributed by atoms with Gasteiger partial charge in [0, 0.05) is 44.1 Å². The molecule has 2 atom stereocenters. The summed E-state index contributed by atoms with van der Waals surface area (Å²) in [6.07, 6.45) is 1.07. The molecule has 20 heavy (non-hydrogen) atoms. The molecule has 0 aromatic heterocycles. The van der Waals surface area contributed by atoms with Crippen molar-refractivity contribution in [3.63, 3.8) is 0 Å². The average Bonchev–Trinajstić information content (AvgIpc) is 2.41. The van der Waals surface area contributed by atoms with Crippen molar-refractivity contribution in [2.24, 2.45) is 0 Å². The molecule has 2 N–H and O–H groups in total. The number of rotatable bonds is 5. The highest BCUT2D eigenvalue weighted by Crippen LogP contribution is 2.23. The highest BCUT2D eigenvalue weighted by Gasteiger charge is 2.16. The van der Waals surface area contributed by atoms with Crippen LogP contribution in [0.3, 0.4) is 0 Å². The van der Waals surface area contributed by atoms with E-state index in [0.717, 1.165) is 26.2 Å². The van der Waals surface area contributed by atoms with Crippen LogP contribution in [0.25, 0.3) is 0 Å². The van der Waals surface area contributed by atoms with Crippen molar-refractivity contribution in [3.8, 4) is 0 Å². The first-order valence-electron chi connectivity index (χ1n) is 7.42. The van der Waals surface area contributed by atoms with Gasteiger partial charge in [0.05, 0.1) is 13.2 Å². The van der Waals surface area contributed by atoms with Gasteiger partial charge in [0.1, 0.15) is 0 Å². The highest BCUT2D eigenvalue weighted by atomic mass is 16.5. The molecule has 1 fully saturated rings.